The Hall–Kier alpha value is -2.43. The van der Waals surface area contributed by atoms with Crippen LogP contribution in [0.4, 0.5) is 0 Å². The number of hydrogen-bond donors (Lipinski definition) is 3. The second-order valence-electron chi connectivity index (χ2n) is 5.43. The normalized spacial score (nSPS) is 15.7. The maximum atomic E-state index is 11.0. The summed E-state index contributed by atoms with van der Waals surface area (Å²) in [6, 6.07) is 10.8. The molecule has 1 aliphatic rings. The van der Waals surface area contributed by atoms with Crippen LogP contribution in [0, 0.1) is 0 Å². The van der Waals surface area contributed by atoms with E-state index >= 15 is 0 Å². The van der Waals surface area contributed by atoms with Crippen LogP contribution in [-0.2, 0) is 6.54 Å². The maximum Gasteiger partial charge on any atom is 0.284 e. The van der Waals surface area contributed by atoms with Crippen molar-refractivity contribution in [3.05, 3.63) is 47.9 Å². The predicted octanol–water partition coefficient (Wildman–Crippen LogP) is 1.50. The number of aliphatic imine (C=N–C) groups is 1. The summed E-state index contributed by atoms with van der Waals surface area (Å²) in [7, 11) is 1.67. The van der Waals surface area contributed by atoms with Crippen molar-refractivity contribution in [2.24, 2.45) is 10.7 Å². The summed E-state index contributed by atoms with van der Waals surface area (Å²) in [5.41, 5.74) is 5.16. The molecule has 1 amide bonds. The van der Waals surface area contributed by atoms with Crippen LogP contribution in [-0.4, -0.2) is 38.2 Å². The number of furan rings is 1. The van der Waals surface area contributed by atoms with Gasteiger partial charge in [-0.25, -0.2) is 0 Å². The van der Waals surface area contributed by atoms with E-state index in [0.717, 1.165) is 11.5 Å². The minimum absolute atomic E-state index is 0. The molecule has 2 aromatic rings. The molecule has 8 nitrogen and oxygen atoms in total. The van der Waals surface area contributed by atoms with Crippen molar-refractivity contribution in [1.82, 2.24) is 10.6 Å². The Bertz CT molecular complexity index is 778. The number of hydrogen-bond acceptors (Lipinski definition) is 5. The van der Waals surface area contributed by atoms with Crippen molar-refractivity contribution in [1.29, 1.82) is 0 Å². The lowest BCUT2D eigenvalue weighted by Crippen LogP contribution is -2.45. The van der Waals surface area contributed by atoms with Crippen molar-refractivity contribution in [3.63, 3.8) is 0 Å². The highest BCUT2D eigenvalue weighted by atomic mass is 127. The monoisotopic (exact) mass is 472 g/mol. The number of nitrogens with zero attached hydrogens (tertiary/aromatic N) is 1. The molecule has 1 aromatic heterocycles. The fourth-order valence-corrected chi connectivity index (χ4v) is 2.37. The third-order valence-corrected chi connectivity index (χ3v) is 3.62. The first kappa shape index (κ1) is 19.9. The molecule has 0 fully saturated rings. The summed E-state index contributed by atoms with van der Waals surface area (Å²) < 4.78 is 16.9. The van der Waals surface area contributed by atoms with Crippen molar-refractivity contribution >= 4 is 35.8 Å². The van der Waals surface area contributed by atoms with Gasteiger partial charge >= 0.3 is 0 Å². The van der Waals surface area contributed by atoms with Gasteiger partial charge in [-0.3, -0.25) is 9.79 Å². The number of amides is 1. The van der Waals surface area contributed by atoms with Crippen molar-refractivity contribution in [2.45, 2.75) is 12.6 Å². The Balaban J connectivity index is 0.00000243. The SMILES string of the molecule is CN=C(NCc1ccc(C(N)=O)o1)NCC1COc2ccccc2O1.I. The molecular weight excluding hydrogens is 451 g/mol. The Kier molecular flexibility index (Phi) is 7.13. The number of carbonyl (C=O) groups is 1. The first-order chi connectivity index (χ1) is 12.2. The number of primary amides is 1. The Morgan fingerprint density at radius 1 is 1.23 bits per heavy atom. The summed E-state index contributed by atoms with van der Waals surface area (Å²) in [4.78, 5) is 15.2. The number of benzene rings is 1. The summed E-state index contributed by atoms with van der Waals surface area (Å²) in [5.74, 6) is 2.19. The number of fused-ring (bicyclic) bond motifs is 1. The van der Waals surface area contributed by atoms with Gasteiger partial charge in [0.2, 0.25) is 0 Å². The topological polar surface area (TPSA) is 111 Å². The van der Waals surface area contributed by atoms with Gasteiger partial charge in [0.1, 0.15) is 18.5 Å². The van der Waals surface area contributed by atoms with E-state index in [1.807, 2.05) is 24.3 Å². The van der Waals surface area contributed by atoms with Crippen LogP contribution in [0.2, 0.25) is 0 Å². The number of guanidine groups is 1. The van der Waals surface area contributed by atoms with Gasteiger partial charge in [-0.15, -0.1) is 24.0 Å². The van der Waals surface area contributed by atoms with E-state index in [0.29, 0.717) is 31.4 Å². The zero-order valence-electron chi connectivity index (χ0n) is 14.2. The van der Waals surface area contributed by atoms with Crippen LogP contribution < -0.4 is 25.8 Å². The lowest BCUT2D eigenvalue weighted by Gasteiger charge is -2.27. The minimum atomic E-state index is -0.594. The van der Waals surface area contributed by atoms with Gasteiger partial charge in [-0.1, -0.05) is 12.1 Å². The number of nitrogens with one attached hydrogen (secondary N) is 2. The Labute approximate surface area is 168 Å². The van der Waals surface area contributed by atoms with E-state index in [1.165, 1.54) is 0 Å². The number of ether oxygens (including phenoxy) is 2. The lowest BCUT2D eigenvalue weighted by atomic mass is 10.2. The highest BCUT2D eigenvalue weighted by Gasteiger charge is 2.20. The van der Waals surface area contributed by atoms with Crippen LogP contribution in [0.3, 0.4) is 0 Å². The number of carbonyl (C=O) groups excluding carboxylic acids is 1. The molecule has 0 saturated carbocycles. The zero-order chi connectivity index (χ0) is 17.6. The average Bonchev–Trinajstić information content (AvgIpc) is 3.11. The van der Waals surface area contributed by atoms with Crippen molar-refractivity contribution in [2.75, 3.05) is 20.2 Å². The molecule has 0 bridgehead atoms. The third kappa shape index (κ3) is 5.04. The molecule has 3 rings (SSSR count). The van der Waals surface area contributed by atoms with E-state index in [9.17, 15) is 4.79 Å². The summed E-state index contributed by atoms with van der Waals surface area (Å²) in [6.45, 7) is 1.36. The van der Waals surface area contributed by atoms with E-state index in [2.05, 4.69) is 15.6 Å². The fourth-order valence-electron chi connectivity index (χ4n) is 2.37. The molecule has 2 heterocycles. The third-order valence-electron chi connectivity index (χ3n) is 3.62. The maximum absolute atomic E-state index is 11.0. The van der Waals surface area contributed by atoms with Crippen LogP contribution in [0.15, 0.2) is 45.8 Å². The van der Waals surface area contributed by atoms with Crippen LogP contribution in [0.25, 0.3) is 0 Å². The first-order valence-electron chi connectivity index (χ1n) is 7.87. The standard InChI is InChI=1S/C17H20N4O4.HI/c1-19-17(20-8-11-6-7-15(24-11)16(18)22)21-9-12-10-23-13-4-2-3-5-14(13)25-12;/h2-7,12H,8-10H2,1H3,(H2,18,22)(H2,19,20,21);1H. The molecule has 9 heteroatoms. The minimum Gasteiger partial charge on any atom is -0.486 e. The summed E-state index contributed by atoms with van der Waals surface area (Å²) in [5, 5.41) is 6.26. The number of halogens is 1. The molecule has 0 spiro atoms. The fraction of sp³-hybridized carbons (Fsp3) is 0.294. The molecule has 1 aromatic carbocycles. The smallest absolute Gasteiger partial charge is 0.284 e. The largest absolute Gasteiger partial charge is 0.486 e. The molecule has 1 aliphatic heterocycles. The average molecular weight is 472 g/mol. The van der Waals surface area contributed by atoms with Gasteiger partial charge in [0.15, 0.2) is 23.2 Å². The number of nitrogens with two attached hydrogens (primary N) is 1. The highest BCUT2D eigenvalue weighted by Crippen LogP contribution is 2.30. The molecule has 0 saturated heterocycles. The van der Waals surface area contributed by atoms with Crippen molar-refractivity contribution in [3.8, 4) is 11.5 Å². The van der Waals surface area contributed by atoms with Gasteiger partial charge in [0, 0.05) is 7.05 Å². The highest BCUT2D eigenvalue weighted by molar-refractivity contribution is 14.0. The Morgan fingerprint density at radius 2 is 2.00 bits per heavy atom. The van der Waals surface area contributed by atoms with Gasteiger partial charge in [0.25, 0.3) is 5.91 Å². The Morgan fingerprint density at radius 3 is 2.69 bits per heavy atom. The van der Waals surface area contributed by atoms with Gasteiger partial charge in [-0.05, 0) is 24.3 Å². The van der Waals surface area contributed by atoms with E-state index in [1.54, 1.807) is 19.2 Å². The second kappa shape index (κ2) is 9.32. The van der Waals surface area contributed by atoms with Gasteiger partial charge in [-0.2, -0.15) is 0 Å². The molecule has 1 atom stereocenters. The lowest BCUT2D eigenvalue weighted by molar-refractivity contribution is 0.0936. The quantitative estimate of drug-likeness (QED) is 0.346. The van der Waals surface area contributed by atoms with Crippen LogP contribution in [0.5, 0.6) is 11.5 Å². The molecule has 26 heavy (non-hydrogen) atoms. The summed E-state index contributed by atoms with van der Waals surface area (Å²) >= 11 is 0. The van der Waals surface area contributed by atoms with Crippen molar-refractivity contribution < 1.29 is 18.7 Å². The molecule has 1 unspecified atom stereocenters. The van der Waals surface area contributed by atoms with E-state index < -0.39 is 5.91 Å². The van der Waals surface area contributed by atoms with Crippen LogP contribution in [0.1, 0.15) is 16.3 Å². The van der Waals surface area contributed by atoms with E-state index in [4.69, 9.17) is 19.6 Å². The molecular formula is C17H21IN4O4. The molecule has 0 radical (unpaired) electrons. The predicted molar refractivity (Wildman–Crippen MR) is 107 cm³/mol. The van der Waals surface area contributed by atoms with Crippen LogP contribution >= 0.6 is 24.0 Å². The number of para-hydroxylation sites is 2. The molecule has 140 valence electrons. The second-order valence-corrected chi connectivity index (χ2v) is 5.43. The molecule has 4 N–H and O–H groups in total. The zero-order valence-corrected chi connectivity index (χ0v) is 16.6. The molecule has 0 aliphatic carbocycles. The first-order valence-corrected chi connectivity index (χ1v) is 7.87. The summed E-state index contributed by atoms with van der Waals surface area (Å²) in [6.07, 6.45) is -0.126. The van der Waals surface area contributed by atoms with Gasteiger partial charge in [0.05, 0.1) is 13.1 Å². The number of rotatable bonds is 5. The van der Waals surface area contributed by atoms with E-state index in [-0.39, 0.29) is 35.8 Å². The van der Waals surface area contributed by atoms with Gasteiger partial charge < -0.3 is 30.3 Å².